The van der Waals surface area contributed by atoms with Crippen LogP contribution in [0, 0.1) is 0 Å². The zero-order valence-corrected chi connectivity index (χ0v) is 30.9. The minimum absolute atomic E-state index is 0.0502. The average molecular weight is 782 g/mol. The molecule has 6 aromatic rings. The summed E-state index contributed by atoms with van der Waals surface area (Å²) < 4.78 is 13.2. The van der Waals surface area contributed by atoms with E-state index in [9.17, 15) is 14.4 Å². The molecule has 0 aliphatic heterocycles. The van der Waals surface area contributed by atoms with E-state index in [0.717, 1.165) is 15.7 Å². The summed E-state index contributed by atoms with van der Waals surface area (Å²) in [6.45, 7) is 10.6. The van der Waals surface area contributed by atoms with Crippen LogP contribution in [0.5, 0.6) is 0 Å². The molecule has 16 heteroatoms. The van der Waals surface area contributed by atoms with Crippen LogP contribution in [0.4, 0.5) is 9.59 Å². The van der Waals surface area contributed by atoms with Gasteiger partial charge in [0.25, 0.3) is 0 Å². The van der Waals surface area contributed by atoms with Crippen molar-refractivity contribution in [1.82, 2.24) is 39.0 Å². The average Bonchev–Trinajstić information content (AvgIpc) is 3.64. The smallest absolute Gasteiger partial charge is 0.422 e. The molecule has 50 heavy (non-hydrogen) atoms. The van der Waals surface area contributed by atoms with Crippen LogP contribution in [0.1, 0.15) is 58.0 Å². The van der Waals surface area contributed by atoms with Gasteiger partial charge < -0.3 is 9.47 Å². The number of aromatic nitrogens is 8. The number of aldehydes is 1. The summed E-state index contributed by atoms with van der Waals surface area (Å²) >= 11 is 15.8. The van der Waals surface area contributed by atoms with Gasteiger partial charge in [-0.25, -0.2) is 48.6 Å². The molecule has 0 radical (unpaired) electrons. The molecule has 13 nitrogen and oxygen atoms in total. The second-order valence-electron chi connectivity index (χ2n) is 12.6. The Labute approximate surface area is 305 Å². The Bertz CT molecular complexity index is 2210. The van der Waals surface area contributed by atoms with Crippen molar-refractivity contribution in [2.75, 3.05) is 0 Å². The van der Waals surface area contributed by atoms with Gasteiger partial charge in [-0.1, -0.05) is 99.8 Å². The number of hydrogen-bond donors (Lipinski definition) is 0. The van der Waals surface area contributed by atoms with Crippen LogP contribution in [0.15, 0.2) is 60.7 Å². The number of fused-ring (bicyclic) bond motifs is 2. The summed E-state index contributed by atoms with van der Waals surface area (Å²) in [5, 5.41) is 0.585. The maximum absolute atomic E-state index is 12.7. The molecular weight excluding hydrogens is 751 g/mol. The first-order chi connectivity index (χ1) is 23.6. The Morgan fingerprint density at radius 3 is 1.52 bits per heavy atom. The minimum atomic E-state index is -0.758. The zero-order chi connectivity index (χ0) is 36.4. The van der Waals surface area contributed by atoms with Crippen molar-refractivity contribution in [3.05, 3.63) is 82.6 Å². The quantitative estimate of drug-likeness (QED) is 0.0959. The third-order valence-corrected chi connectivity index (χ3v) is 7.49. The molecule has 0 fully saturated rings. The number of rotatable bonds is 4. The van der Waals surface area contributed by atoms with E-state index in [1.54, 1.807) is 41.5 Å². The van der Waals surface area contributed by atoms with E-state index < -0.39 is 23.4 Å². The van der Waals surface area contributed by atoms with Gasteiger partial charge in [-0.2, -0.15) is 0 Å². The molecule has 0 bridgehead atoms. The van der Waals surface area contributed by atoms with Crippen LogP contribution >= 0.6 is 39.1 Å². The highest BCUT2D eigenvalue weighted by molar-refractivity contribution is 9.08. The van der Waals surface area contributed by atoms with Crippen molar-refractivity contribution < 1.29 is 23.9 Å². The van der Waals surface area contributed by atoms with Gasteiger partial charge in [-0.15, -0.1) is 0 Å². The summed E-state index contributed by atoms with van der Waals surface area (Å²) in [5.74, 6) is 1.04. The van der Waals surface area contributed by atoms with E-state index >= 15 is 0 Å². The first-order valence-electron chi connectivity index (χ1n) is 15.1. The Morgan fingerprint density at radius 1 is 0.680 bits per heavy atom. The van der Waals surface area contributed by atoms with Gasteiger partial charge in [0.05, 0.1) is 5.33 Å². The third kappa shape index (κ3) is 8.15. The van der Waals surface area contributed by atoms with Crippen LogP contribution in [0.2, 0.25) is 10.3 Å². The molecule has 4 aromatic heterocycles. The van der Waals surface area contributed by atoms with Crippen LogP contribution in [-0.4, -0.2) is 68.7 Å². The third-order valence-electron chi connectivity index (χ3n) is 6.47. The normalized spacial score (nSPS) is 11.6. The van der Waals surface area contributed by atoms with E-state index in [0.29, 0.717) is 40.3 Å². The van der Waals surface area contributed by atoms with Crippen molar-refractivity contribution >= 4 is 79.9 Å². The van der Waals surface area contributed by atoms with Gasteiger partial charge in [-0.05, 0) is 41.5 Å². The topological polar surface area (TPSA) is 157 Å². The number of ether oxygens (including phenoxy) is 2. The van der Waals surface area contributed by atoms with Gasteiger partial charge in [0, 0.05) is 11.1 Å². The molecule has 2 aromatic carbocycles. The molecule has 0 aliphatic rings. The molecule has 0 saturated heterocycles. The molecule has 0 saturated carbocycles. The first kappa shape index (κ1) is 36.5. The predicted octanol–water partition coefficient (Wildman–Crippen LogP) is 8.57. The van der Waals surface area contributed by atoms with Gasteiger partial charge >= 0.3 is 12.2 Å². The number of carbonyl (C=O) groups is 3. The largest absolute Gasteiger partial charge is 0.443 e. The van der Waals surface area contributed by atoms with Crippen LogP contribution in [-0.2, 0) is 14.8 Å². The lowest BCUT2D eigenvalue weighted by molar-refractivity contribution is 0.0527. The summed E-state index contributed by atoms with van der Waals surface area (Å²) in [7, 11) is 0. The van der Waals surface area contributed by atoms with Crippen molar-refractivity contribution in [3.8, 4) is 22.8 Å². The molecule has 0 atom stereocenters. The number of benzene rings is 2. The van der Waals surface area contributed by atoms with Gasteiger partial charge in [0.1, 0.15) is 28.1 Å². The van der Waals surface area contributed by atoms with Crippen LogP contribution < -0.4 is 0 Å². The molecule has 0 N–H and O–H groups in total. The molecule has 0 amide bonds. The molecule has 0 unspecified atom stereocenters. The molecule has 4 heterocycles. The Kier molecular flexibility index (Phi) is 10.6. The van der Waals surface area contributed by atoms with E-state index in [1.807, 2.05) is 60.7 Å². The second-order valence-corrected chi connectivity index (χ2v) is 13.9. The summed E-state index contributed by atoms with van der Waals surface area (Å²) in [4.78, 5) is 62.3. The predicted molar refractivity (Wildman–Crippen MR) is 193 cm³/mol. The summed E-state index contributed by atoms with van der Waals surface area (Å²) in [6.07, 6.45) is -0.867. The van der Waals surface area contributed by atoms with Gasteiger partial charge in [0.2, 0.25) is 0 Å². The lowest BCUT2D eigenvalue weighted by atomic mass is 10.2. The number of halogens is 3. The monoisotopic (exact) mass is 780 g/mol. The standard InChI is InChI=1S/C17H16BrClN4O2.C17H15ClN4O3/c1-17(2,3)25-16(24)23-11(9-18)20-12-13(19)21-14(22-15(12)23)10-7-5-4-6-8-10;1-17(2,3)25-16(24)22-11(9-23)19-12-13(18)20-14(21-15(12)22)10-7-5-4-6-8-10/h4-8H,9H2,1-3H3;4-9H,1-3H3. The Morgan fingerprint density at radius 2 is 1.10 bits per heavy atom. The number of nitrogens with zero attached hydrogens (tertiary/aromatic N) is 8. The second kappa shape index (κ2) is 14.6. The van der Waals surface area contributed by atoms with E-state index in [2.05, 4.69) is 45.8 Å². The lowest BCUT2D eigenvalue weighted by Gasteiger charge is -2.20. The number of imidazole rings is 2. The highest BCUT2D eigenvalue weighted by Gasteiger charge is 2.27. The summed E-state index contributed by atoms with van der Waals surface area (Å²) in [5.41, 5.74) is 1.09. The van der Waals surface area contributed by atoms with Crippen LogP contribution in [0.25, 0.3) is 45.1 Å². The van der Waals surface area contributed by atoms with E-state index in [4.69, 9.17) is 32.7 Å². The fraction of sp³-hybridized carbons (Fsp3) is 0.265. The Hall–Kier alpha value is -4.79. The molecular formula is C34H31BrCl2N8O5. The SMILES string of the molecule is CC(C)(C)OC(=O)n1c(C=O)nc2c(Cl)nc(-c3ccccc3)nc21.CC(C)(C)OC(=O)n1c(CBr)nc2c(Cl)nc(-c3ccccc3)nc21. The van der Waals surface area contributed by atoms with Crippen molar-refractivity contribution in [1.29, 1.82) is 0 Å². The first-order valence-corrected chi connectivity index (χ1v) is 17.0. The molecule has 6 rings (SSSR count). The van der Waals surface area contributed by atoms with Crippen molar-refractivity contribution in [3.63, 3.8) is 0 Å². The number of hydrogen-bond acceptors (Lipinski definition) is 11. The number of alkyl halides is 1. The van der Waals surface area contributed by atoms with E-state index in [-0.39, 0.29) is 27.3 Å². The Balaban J connectivity index is 0.000000194. The fourth-order valence-electron chi connectivity index (χ4n) is 4.50. The molecule has 258 valence electrons. The summed E-state index contributed by atoms with van der Waals surface area (Å²) in [6, 6.07) is 18.6. The fourth-order valence-corrected chi connectivity index (χ4v) is 5.29. The highest BCUT2D eigenvalue weighted by Crippen LogP contribution is 2.28. The van der Waals surface area contributed by atoms with Crippen molar-refractivity contribution in [2.24, 2.45) is 0 Å². The maximum Gasteiger partial charge on any atom is 0.422 e. The van der Waals surface area contributed by atoms with Crippen molar-refractivity contribution in [2.45, 2.75) is 58.1 Å². The molecule has 0 aliphatic carbocycles. The van der Waals surface area contributed by atoms with Gasteiger partial charge in [0.15, 0.2) is 45.4 Å². The zero-order valence-electron chi connectivity index (χ0n) is 27.8. The van der Waals surface area contributed by atoms with Gasteiger partial charge in [-0.3, -0.25) is 4.79 Å². The maximum atomic E-state index is 12.7. The van der Waals surface area contributed by atoms with E-state index in [1.165, 1.54) is 4.57 Å². The van der Waals surface area contributed by atoms with Crippen LogP contribution in [0.3, 0.4) is 0 Å². The minimum Gasteiger partial charge on any atom is -0.443 e. The number of carbonyl (C=O) groups excluding carboxylic acids is 3. The highest BCUT2D eigenvalue weighted by atomic mass is 79.9. The lowest BCUT2D eigenvalue weighted by Crippen LogP contribution is -2.28. The molecule has 0 spiro atoms.